The number of likely N-dealkylation sites (tertiary alicyclic amines) is 1. The first-order valence-electron chi connectivity index (χ1n) is 9.08. The minimum atomic E-state index is -0.261. The molecular formula is C20H25NO5. The van der Waals surface area contributed by atoms with E-state index in [0.717, 1.165) is 30.2 Å². The van der Waals surface area contributed by atoms with Crippen molar-refractivity contribution in [3.05, 3.63) is 29.5 Å². The molecule has 1 aromatic carbocycles. The van der Waals surface area contributed by atoms with Gasteiger partial charge in [0.15, 0.2) is 5.76 Å². The van der Waals surface area contributed by atoms with E-state index >= 15 is 0 Å². The van der Waals surface area contributed by atoms with Gasteiger partial charge < -0.3 is 18.8 Å². The summed E-state index contributed by atoms with van der Waals surface area (Å²) in [5, 5.41) is 0.896. The first-order valence-corrected chi connectivity index (χ1v) is 9.08. The van der Waals surface area contributed by atoms with E-state index in [0.29, 0.717) is 30.2 Å². The molecule has 0 radical (unpaired) electrons. The third-order valence-corrected chi connectivity index (χ3v) is 4.94. The van der Waals surface area contributed by atoms with Gasteiger partial charge in [0.05, 0.1) is 20.1 Å². The van der Waals surface area contributed by atoms with Crippen LogP contribution in [0.25, 0.3) is 11.0 Å². The van der Waals surface area contributed by atoms with Crippen molar-refractivity contribution in [2.45, 2.75) is 45.6 Å². The zero-order chi connectivity index (χ0) is 18.7. The lowest BCUT2D eigenvalue weighted by atomic mass is 9.98. The number of nitrogens with zero attached hydrogens (tertiary/aromatic N) is 1. The van der Waals surface area contributed by atoms with Crippen LogP contribution < -0.4 is 4.74 Å². The predicted molar refractivity (Wildman–Crippen MR) is 97.4 cm³/mol. The Morgan fingerprint density at radius 1 is 1.31 bits per heavy atom. The van der Waals surface area contributed by atoms with Crippen molar-refractivity contribution in [3.63, 3.8) is 0 Å². The van der Waals surface area contributed by atoms with Gasteiger partial charge in [-0.2, -0.15) is 0 Å². The highest BCUT2D eigenvalue weighted by Crippen LogP contribution is 2.31. The molecule has 140 valence electrons. The first-order chi connectivity index (χ1) is 12.5. The van der Waals surface area contributed by atoms with Gasteiger partial charge in [-0.1, -0.05) is 0 Å². The van der Waals surface area contributed by atoms with E-state index < -0.39 is 0 Å². The highest BCUT2D eigenvalue weighted by atomic mass is 16.5. The van der Waals surface area contributed by atoms with Crippen LogP contribution in [-0.4, -0.2) is 43.1 Å². The fourth-order valence-corrected chi connectivity index (χ4v) is 3.56. The van der Waals surface area contributed by atoms with E-state index in [2.05, 4.69) is 0 Å². The summed E-state index contributed by atoms with van der Waals surface area (Å²) in [4.78, 5) is 26.8. The summed E-state index contributed by atoms with van der Waals surface area (Å²) in [5.74, 6) is 0.599. The van der Waals surface area contributed by atoms with Gasteiger partial charge in [-0.15, -0.1) is 0 Å². The number of hydrogen-bond donors (Lipinski definition) is 0. The third-order valence-electron chi connectivity index (χ3n) is 4.94. The molecule has 1 fully saturated rings. The van der Waals surface area contributed by atoms with E-state index in [1.807, 2.05) is 19.1 Å². The Morgan fingerprint density at radius 3 is 2.85 bits per heavy atom. The fraction of sp³-hybridized carbons (Fsp3) is 0.500. The monoisotopic (exact) mass is 359 g/mol. The molecule has 0 aliphatic carbocycles. The summed E-state index contributed by atoms with van der Waals surface area (Å²) < 4.78 is 16.2. The second-order valence-corrected chi connectivity index (χ2v) is 6.58. The molecule has 1 aliphatic rings. The van der Waals surface area contributed by atoms with Crippen molar-refractivity contribution in [2.24, 2.45) is 0 Å². The number of rotatable bonds is 5. The lowest BCUT2D eigenvalue weighted by Crippen LogP contribution is -2.45. The van der Waals surface area contributed by atoms with Gasteiger partial charge in [0.25, 0.3) is 5.91 Å². The number of piperidine rings is 1. The van der Waals surface area contributed by atoms with Crippen LogP contribution in [0.2, 0.25) is 0 Å². The Morgan fingerprint density at radius 2 is 2.12 bits per heavy atom. The van der Waals surface area contributed by atoms with E-state index in [9.17, 15) is 9.59 Å². The minimum Gasteiger partial charge on any atom is -0.497 e. The Kier molecular flexibility index (Phi) is 5.49. The molecule has 0 spiro atoms. The molecule has 0 N–H and O–H groups in total. The van der Waals surface area contributed by atoms with Crippen LogP contribution in [0, 0.1) is 6.92 Å². The maximum atomic E-state index is 13.1. The second-order valence-electron chi connectivity index (χ2n) is 6.58. The number of carbonyl (C=O) groups excluding carboxylic acids is 2. The number of carbonyl (C=O) groups is 2. The molecule has 1 atom stereocenters. The number of benzene rings is 1. The van der Waals surface area contributed by atoms with Crippen LogP contribution in [0.1, 0.15) is 48.7 Å². The van der Waals surface area contributed by atoms with E-state index in [1.54, 1.807) is 25.0 Å². The van der Waals surface area contributed by atoms with Crippen LogP contribution in [-0.2, 0) is 9.53 Å². The maximum Gasteiger partial charge on any atom is 0.307 e. The molecule has 1 saturated heterocycles. The SMILES string of the molecule is CCOC(=O)CC1CCCCN1C(=O)c1oc2cc(OC)ccc2c1C. The molecule has 6 nitrogen and oxygen atoms in total. The number of aryl methyl sites for hydroxylation is 1. The van der Waals surface area contributed by atoms with Gasteiger partial charge in [0.2, 0.25) is 0 Å². The molecule has 1 aliphatic heterocycles. The van der Waals surface area contributed by atoms with Gasteiger partial charge in [-0.05, 0) is 45.2 Å². The van der Waals surface area contributed by atoms with Gasteiger partial charge in [0.1, 0.15) is 11.3 Å². The van der Waals surface area contributed by atoms with E-state index in [1.165, 1.54) is 0 Å². The average Bonchev–Trinajstić information content (AvgIpc) is 2.98. The molecule has 1 amide bonds. The van der Waals surface area contributed by atoms with Crippen LogP contribution in [0.15, 0.2) is 22.6 Å². The normalized spacial score (nSPS) is 17.3. The van der Waals surface area contributed by atoms with E-state index in [4.69, 9.17) is 13.9 Å². The highest BCUT2D eigenvalue weighted by Gasteiger charge is 2.32. The largest absolute Gasteiger partial charge is 0.497 e. The Balaban J connectivity index is 1.87. The number of amides is 1. The quantitative estimate of drug-likeness (QED) is 0.762. The van der Waals surface area contributed by atoms with E-state index in [-0.39, 0.29) is 24.3 Å². The molecule has 2 aromatic rings. The fourth-order valence-electron chi connectivity index (χ4n) is 3.56. The van der Waals surface area contributed by atoms with Crippen molar-refractivity contribution in [2.75, 3.05) is 20.3 Å². The molecule has 0 bridgehead atoms. The Hall–Kier alpha value is -2.50. The number of hydrogen-bond acceptors (Lipinski definition) is 5. The van der Waals surface area contributed by atoms with Crippen molar-refractivity contribution < 1.29 is 23.5 Å². The maximum absolute atomic E-state index is 13.1. The van der Waals surface area contributed by atoms with Gasteiger partial charge in [-0.25, -0.2) is 0 Å². The number of esters is 1. The number of fused-ring (bicyclic) bond motifs is 1. The van der Waals surface area contributed by atoms with Crippen LogP contribution >= 0.6 is 0 Å². The number of ether oxygens (including phenoxy) is 2. The summed E-state index contributed by atoms with van der Waals surface area (Å²) in [5.41, 5.74) is 1.44. The molecule has 0 saturated carbocycles. The topological polar surface area (TPSA) is 69.0 Å². The Bertz CT molecular complexity index is 810. The summed E-state index contributed by atoms with van der Waals surface area (Å²) in [6, 6.07) is 5.39. The lowest BCUT2D eigenvalue weighted by Gasteiger charge is -2.34. The summed E-state index contributed by atoms with van der Waals surface area (Å²) in [6.45, 7) is 4.65. The van der Waals surface area contributed by atoms with Gasteiger partial charge >= 0.3 is 5.97 Å². The van der Waals surface area contributed by atoms with Gasteiger partial charge in [0, 0.05) is 29.6 Å². The molecule has 26 heavy (non-hydrogen) atoms. The second kappa shape index (κ2) is 7.81. The van der Waals surface area contributed by atoms with Crippen LogP contribution in [0.5, 0.6) is 5.75 Å². The zero-order valence-electron chi connectivity index (χ0n) is 15.5. The molecular weight excluding hydrogens is 334 g/mol. The summed E-state index contributed by atoms with van der Waals surface area (Å²) in [7, 11) is 1.59. The standard InChI is InChI=1S/C20H25NO5/c1-4-25-18(22)11-14-7-5-6-10-21(14)20(23)19-13(2)16-9-8-15(24-3)12-17(16)26-19/h8-9,12,14H,4-7,10-11H2,1-3H3. The number of furan rings is 1. The molecule has 2 heterocycles. The van der Waals surface area contributed by atoms with Gasteiger partial charge in [-0.3, -0.25) is 9.59 Å². The highest BCUT2D eigenvalue weighted by molar-refractivity contribution is 5.99. The van der Waals surface area contributed by atoms with Crippen molar-refractivity contribution in [3.8, 4) is 5.75 Å². The third kappa shape index (κ3) is 3.54. The van der Waals surface area contributed by atoms with Crippen molar-refractivity contribution in [1.82, 2.24) is 4.90 Å². The smallest absolute Gasteiger partial charge is 0.307 e. The number of methoxy groups -OCH3 is 1. The summed E-state index contributed by atoms with van der Waals surface area (Å²) in [6.07, 6.45) is 2.96. The van der Waals surface area contributed by atoms with Crippen LogP contribution in [0.3, 0.4) is 0 Å². The van der Waals surface area contributed by atoms with Crippen molar-refractivity contribution in [1.29, 1.82) is 0 Å². The van der Waals surface area contributed by atoms with Crippen molar-refractivity contribution >= 4 is 22.8 Å². The summed E-state index contributed by atoms with van der Waals surface area (Å²) >= 11 is 0. The Labute approximate surface area is 153 Å². The predicted octanol–water partition coefficient (Wildman–Crippen LogP) is 3.70. The zero-order valence-corrected chi connectivity index (χ0v) is 15.5. The minimum absolute atomic E-state index is 0.141. The molecule has 1 unspecified atom stereocenters. The molecule has 1 aromatic heterocycles. The first kappa shape index (κ1) is 18.3. The van der Waals surface area contributed by atoms with Crippen LogP contribution in [0.4, 0.5) is 0 Å². The average molecular weight is 359 g/mol. The molecule has 3 rings (SSSR count). The lowest BCUT2D eigenvalue weighted by molar-refractivity contribution is -0.144. The molecule has 6 heteroatoms.